The number of nitrogens with zero attached hydrogens (tertiary/aromatic N) is 2. The molecule has 0 saturated heterocycles. The monoisotopic (exact) mass is 392 g/mol. The molecular weight excluding hydrogens is 375 g/mol. The summed E-state index contributed by atoms with van der Waals surface area (Å²) in [6, 6.07) is 23.3. The minimum Gasteiger partial charge on any atom is -0.207 e. The fraction of sp³-hybridized carbons (Fsp3) is 0.0455. The second-order valence-corrected chi connectivity index (χ2v) is 8.22. The van der Waals surface area contributed by atoms with Crippen LogP contribution in [-0.4, -0.2) is 17.6 Å². The van der Waals surface area contributed by atoms with E-state index in [1.54, 1.807) is 42.5 Å². The number of aromatic nitrogens is 2. The molecule has 1 heterocycles. The lowest BCUT2D eigenvalue weighted by atomic mass is 10.1. The van der Waals surface area contributed by atoms with Crippen molar-refractivity contribution in [1.82, 2.24) is 9.19 Å². The van der Waals surface area contributed by atoms with Gasteiger partial charge in [0.05, 0.1) is 16.3 Å². The molecule has 0 fully saturated rings. The van der Waals surface area contributed by atoms with Gasteiger partial charge in [-0.25, -0.2) is 4.39 Å². The van der Waals surface area contributed by atoms with E-state index in [1.807, 2.05) is 37.3 Å². The highest BCUT2D eigenvalue weighted by atomic mass is 32.2. The zero-order valence-corrected chi connectivity index (χ0v) is 15.9. The zero-order chi connectivity index (χ0) is 19.7. The molecule has 140 valence electrons. The third-order valence-corrected chi connectivity index (χ3v) is 6.04. The van der Waals surface area contributed by atoms with E-state index in [0.717, 1.165) is 15.2 Å². The van der Waals surface area contributed by atoms with E-state index in [9.17, 15) is 12.8 Å². The van der Waals surface area contributed by atoms with E-state index < -0.39 is 10.0 Å². The summed E-state index contributed by atoms with van der Waals surface area (Å²) in [5, 5.41) is 4.36. The average molecular weight is 392 g/mol. The maximum atomic E-state index is 13.3. The lowest BCUT2D eigenvalue weighted by Crippen LogP contribution is -2.16. The maximum absolute atomic E-state index is 13.3. The predicted octanol–water partition coefficient (Wildman–Crippen LogP) is 4.90. The van der Waals surface area contributed by atoms with Gasteiger partial charge in [0.1, 0.15) is 5.82 Å². The van der Waals surface area contributed by atoms with Crippen molar-refractivity contribution in [3.05, 3.63) is 96.3 Å². The van der Waals surface area contributed by atoms with Crippen LogP contribution in [0.3, 0.4) is 0 Å². The van der Waals surface area contributed by atoms with Crippen LogP contribution in [0.15, 0.2) is 89.8 Å². The first-order valence-electron chi connectivity index (χ1n) is 8.69. The highest BCUT2D eigenvalue weighted by molar-refractivity contribution is 7.90. The van der Waals surface area contributed by atoms with Gasteiger partial charge in [-0.1, -0.05) is 48.0 Å². The van der Waals surface area contributed by atoms with Crippen molar-refractivity contribution in [2.75, 3.05) is 0 Å². The van der Waals surface area contributed by atoms with Crippen LogP contribution in [0.5, 0.6) is 0 Å². The van der Waals surface area contributed by atoms with Gasteiger partial charge in [-0.2, -0.15) is 17.6 Å². The van der Waals surface area contributed by atoms with Crippen molar-refractivity contribution in [3.8, 4) is 22.5 Å². The summed E-state index contributed by atoms with van der Waals surface area (Å²) < 4.78 is 40.9. The molecule has 0 atom stereocenters. The van der Waals surface area contributed by atoms with E-state index >= 15 is 0 Å². The van der Waals surface area contributed by atoms with Crippen LogP contribution in [0.1, 0.15) is 5.56 Å². The summed E-state index contributed by atoms with van der Waals surface area (Å²) in [6.45, 7) is 1.90. The fourth-order valence-corrected chi connectivity index (χ4v) is 4.22. The van der Waals surface area contributed by atoms with Gasteiger partial charge in [-0.3, -0.25) is 0 Å². The SMILES string of the molecule is Cc1ccc(S(=O)(=O)n2nc(-c3ccc(F)cc3)cc2-c2ccccc2)cc1. The molecule has 0 aliphatic rings. The number of halogens is 1. The molecule has 0 aliphatic carbocycles. The number of hydrogen-bond acceptors (Lipinski definition) is 3. The molecule has 6 heteroatoms. The Kier molecular flexibility index (Phi) is 4.57. The van der Waals surface area contributed by atoms with Crippen LogP contribution in [0, 0.1) is 12.7 Å². The highest BCUT2D eigenvalue weighted by Gasteiger charge is 2.24. The van der Waals surface area contributed by atoms with Gasteiger partial charge >= 0.3 is 0 Å². The van der Waals surface area contributed by atoms with Crippen LogP contribution < -0.4 is 0 Å². The molecule has 0 unspecified atom stereocenters. The van der Waals surface area contributed by atoms with Gasteiger partial charge in [0.25, 0.3) is 10.0 Å². The molecule has 0 amide bonds. The molecular formula is C22H17FN2O2S. The number of aryl methyl sites for hydroxylation is 1. The van der Waals surface area contributed by atoms with Crippen LogP contribution in [-0.2, 0) is 10.0 Å². The Morgan fingerprint density at radius 1 is 0.821 bits per heavy atom. The largest absolute Gasteiger partial charge is 0.283 e. The van der Waals surface area contributed by atoms with E-state index in [4.69, 9.17) is 0 Å². The normalized spacial score (nSPS) is 11.5. The highest BCUT2D eigenvalue weighted by Crippen LogP contribution is 2.29. The minimum absolute atomic E-state index is 0.157. The zero-order valence-electron chi connectivity index (χ0n) is 15.1. The summed E-state index contributed by atoms with van der Waals surface area (Å²) in [7, 11) is -3.90. The Balaban J connectivity index is 1.92. The number of benzene rings is 3. The quantitative estimate of drug-likeness (QED) is 0.496. The van der Waals surface area contributed by atoms with Crippen LogP contribution in [0.4, 0.5) is 4.39 Å². The average Bonchev–Trinajstić information content (AvgIpc) is 3.16. The predicted molar refractivity (Wildman–Crippen MR) is 107 cm³/mol. The molecule has 0 saturated carbocycles. The molecule has 0 radical (unpaired) electrons. The van der Waals surface area contributed by atoms with Gasteiger partial charge in [0.15, 0.2) is 0 Å². The Labute approximate surface area is 163 Å². The lowest BCUT2D eigenvalue weighted by molar-refractivity contribution is 0.581. The first-order chi connectivity index (χ1) is 13.4. The standard InChI is InChI=1S/C22H17FN2O2S/c1-16-7-13-20(14-8-16)28(26,27)25-22(18-5-3-2-4-6-18)15-21(24-25)17-9-11-19(23)12-10-17/h2-15H,1H3. The molecule has 0 bridgehead atoms. The smallest absolute Gasteiger partial charge is 0.207 e. The first kappa shape index (κ1) is 18.1. The van der Waals surface area contributed by atoms with Crippen molar-refractivity contribution in [2.45, 2.75) is 11.8 Å². The Bertz CT molecular complexity index is 1210. The van der Waals surface area contributed by atoms with Crippen molar-refractivity contribution < 1.29 is 12.8 Å². The maximum Gasteiger partial charge on any atom is 0.283 e. The van der Waals surface area contributed by atoms with Crippen molar-refractivity contribution in [3.63, 3.8) is 0 Å². The third-order valence-electron chi connectivity index (χ3n) is 4.43. The van der Waals surface area contributed by atoms with Crippen LogP contribution >= 0.6 is 0 Å². The van der Waals surface area contributed by atoms with Gasteiger partial charge in [0, 0.05) is 11.1 Å². The Morgan fingerprint density at radius 2 is 1.46 bits per heavy atom. The molecule has 1 aromatic heterocycles. The van der Waals surface area contributed by atoms with E-state index in [1.165, 1.54) is 12.1 Å². The molecule has 4 rings (SSSR count). The Hall–Kier alpha value is -3.25. The molecule has 3 aromatic carbocycles. The molecule has 0 N–H and O–H groups in total. The van der Waals surface area contributed by atoms with Crippen LogP contribution in [0.2, 0.25) is 0 Å². The van der Waals surface area contributed by atoms with Crippen molar-refractivity contribution in [1.29, 1.82) is 0 Å². The third kappa shape index (κ3) is 3.34. The summed E-state index contributed by atoms with van der Waals surface area (Å²) in [6.07, 6.45) is 0. The van der Waals surface area contributed by atoms with Crippen molar-refractivity contribution >= 4 is 10.0 Å². The topological polar surface area (TPSA) is 52.0 Å². The van der Waals surface area contributed by atoms with E-state index in [-0.39, 0.29) is 10.7 Å². The summed E-state index contributed by atoms with van der Waals surface area (Å²) in [4.78, 5) is 0.157. The Morgan fingerprint density at radius 3 is 2.11 bits per heavy atom. The minimum atomic E-state index is -3.90. The first-order valence-corrected chi connectivity index (χ1v) is 10.1. The number of hydrogen-bond donors (Lipinski definition) is 0. The van der Waals surface area contributed by atoms with Gasteiger partial charge in [-0.15, -0.1) is 0 Å². The van der Waals surface area contributed by atoms with Gasteiger partial charge in [0.2, 0.25) is 0 Å². The second kappa shape index (κ2) is 7.05. The molecule has 4 aromatic rings. The summed E-state index contributed by atoms with van der Waals surface area (Å²) in [5.74, 6) is -0.362. The molecule has 0 aliphatic heterocycles. The van der Waals surface area contributed by atoms with Gasteiger partial charge < -0.3 is 0 Å². The van der Waals surface area contributed by atoms with Crippen molar-refractivity contribution in [2.24, 2.45) is 0 Å². The molecule has 4 nitrogen and oxygen atoms in total. The summed E-state index contributed by atoms with van der Waals surface area (Å²) in [5.41, 5.74) is 3.22. The fourth-order valence-electron chi connectivity index (χ4n) is 2.92. The van der Waals surface area contributed by atoms with E-state index in [0.29, 0.717) is 17.0 Å². The lowest BCUT2D eigenvalue weighted by Gasteiger charge is -2.09. The molecule has 0 spiro atoms. The number of rotatable bonds is 4. The van der Waals surface area contributed by atoms with Gasteiger partial charge in [-0.05, 0) is 49.4 Å². The second-order valence-electron chi connectivity index (χ2n) is 6.45. The van der Waals surface area contributed by atoms with E-state index in [2.05, 4.69) is 5.10 Å². The summed E-state index contributed by atoms with van der Waals surface area (Å²) >= 11 is 0. The molecule has 28 heavy (non-hydrogen) atoms. The van der Waals surface area contributed by atoms with Crippen LogP contribution in [0.25, 0.3) is 22.5 Å².